The number of hydrogen-bond acceptors (Lipinski definition) is 8. The van der Waals surface area contributed by atoms with Gasteiger partial charge in [-0.2, -0.15) is 0 Å². The van der Waals surface area contributed by atoms with E-state index in [1.54, 1.807) is 31.5 Å². The molecule has 3 aromatic heterocycles. The van der Waals surface area contributed by atoms with Crippen LogP contribution >= 0.6 is 11.3 Å². The number of ether oxygens (including phenoxy) is 1. The van der Waals surface area contributed by atoms with Crippen molar-refractivity contribution < 1.29 is 19.1 Å². The van der Waals surface area contributed by atoms with Crippen LogP contribution in [0.15, 0.2) is 30.7 Å². The fourth-order valence-corrected chi connectivity index (χ4v) is 5.11. The first-order chi connectivity index (χ1) is 17.4. The van der Waals surface area contributed by atoms with E-state index in [1.165, 1.54) is 24.6 Å². The fraction of sp³-hybridized carbons (Fsp3) is 0.360. The Balaban J connectivity index is 1.75. The first-order valence-electron chi connectivity index (χ1n) is 11.8. The molecule has 3 aromatic rings. The summed E-state index contributed by atoms with van der Waals surface area (Å²) >= 11 is 1.27. The van der Waals surface area contributed by atoms with Crippen LogP contribution in [-0.2, 0) is 4.74 Å². The van der Waals surface area contributed by atoms with Crippen LogP contribution in [-0.4, -0.2) is 52.6 Å². The van der Waals surface area contributed by atoms with Crippen molar-refractivity contribution in [3.05, 3.63) is 46.9 Å². The van der Waals surface area contributed by atoms with Gasteiger partial charge in [0.15, 0.2) is 0 Å². The maximum Gasteiger partial charge on any atom is 0.339 e. The minimum absolute atomic E-state index is 0.131. The van der Waals surface area contributed by atoms with Crippen LogP contribution in [0.4, 0.5) is 10.6 Å². The second kappa shape index (κ2) is 11.3. The molecule has 4 rings (SSSR count). The number of thiazole rings is 1. The molecular formula is C25H28N6O4S. The molecule has 188 valence electrons. The lowest BCUT2D eigenvalue weighted by Gasteiger charge is -2.12. The molecule has 1 aliphatic carbocycles. The Kier molecular flexibility index (Phi) is 7.89. The Morgan fingerprint density at radius 1 is 1.11 bits per heavy atom. The van der Waals surface area contributed by atoms with Crippen molar-refractivity contribution in [3.63, 3.8) is 0 Å². The van der Waals surface area contributed by atoms with Gasteiger partial charge in [0, 0.05) is 47.9 Å². The number of amides is 3. The number of anilines is 1. The zero-order chi connectivity index (χ0) is 25.7. The van der Waals surface area contributed by atoms with Crippen LogP contribution in [0, 0.1) is 6.92 Å². The van der Waals surface area contributed by atoms with Crippen molar-refractivity contribution in [2.75, 3.05) is 19.0 Å². The second-order valence-electron chi connectivity index (χ2n) is 8.44. The summed E-state index contributed by atoms with van der Waals surface area (Å²) in [5.74, 6) is -0.320. The van der Waals surface area contributed by atoms with Gasteiger partial charge in [-0.15, -0.1) is 11.3 Å². The van der Waals surface area contributed by atoms with E-state index in [0.717, 1.165) is 25.7 Å². The van der Waals surface area contributed by atoms with Gasteiger partial charge in [-0.1, -0.05) is 12.8 Å². The van der Waals surface area contributed by atoms with Crippen LogP contribution in [0.5, 0.6) is 0 Å². The van der Waals surface area contributed by atoms with Crippen LogP contribution in [0.2, 0.25) is 0 Å². The van der Waals surface area contributed by atoms with E-state index < -0.39 is 5.97 Å². The van der Waals surface area contributed by atoms with Gasteiger partial charge in [0.25, 0.3) is 5.91 Å². The first-order valence-corrected chi connectivity index (χ1v) is 12.6. The van der Waals surface area contributed by atoms with E-state index in [4.69, 9.17) is 4.74 Å². The molecule has 11 heteroatoms. The third kappa shape index (κ3) is 5.68. The zero-order valence-corrected chi connectivity index (χ0v) is 21.2. The lowest BCUT2D eigenvalue weighted by molar-refractivity contribution is 0.0600. The Bertz CT molecular complexity index is 1290. The molecular weight excluding hydrogens is 480 g/mol. The van der Waals surface area contributed by atoms with Gasteiger partial charge in [0.05, 0.1) is 18.4 Å². The number of nitrogens with zero attached hydrogens (tertiary/aromatic N) is 3. The predicted molar refractivity (Wildman–Crippen MR) is 137 cm³/mol. The summed E-state index contributed by atoms with van der Waals surface area (Å²) in [6.45, 7) is 4.09. The molecule has 0 spiro atoms. The number of pyridine rings is 2. The minimum atomic E-state index is -0.510. The highest BCUT2D eigenvalue weighted by Crippen LogP contribution is 2.37. The van der Waals surface area contributed by atoms with E-state index in [-0.39, 0.29) is 23.5 Å². The van der Waals surface area contributed by atoms with Crippen molar-refractivity contribution >= 4 is 35.1 Å². The number of aromatic nitrogens is 3. The number of hydrogen-bond donors (Lipinski definition) is 3. The molecule has 1 fully saturated rings. The normalized spacial score (nSPS) is 13.3. The standard InChI is InChI=1S/C25H28N6O4S/c1-4-27-25(34)31-20-10-18(19(13-28-20)15-9-16(12-26-11-15)24(33)35-3)23-29-14(2)21(36-23)22(32)30-17-7-5-6-8-17/h9-13,17H,4-8H2,1-3H3,(H,30,32)(H2,27,28,31,34). The van der Waals surface area contributed by atoms with Gasteiger partial charge in [-0.25, -0.2) is 19.6 Å². The van der Waals surface area contributed by atoms with Crippen molar-refractivity contribution in [3.8, 4) is 21.7 Å². The highest BCUT2D eigenvalue weighted by atomic mass is 32.1. The van der Waals surface area contributed by atoms with E-state index in [2.05, 4.69) is 30.9 Å². The van der Waals surface area contributed by atoms with E-state index in [0.29, 0.717) is 44.6 Å². The van der Waals surface area contributed by atoms with Crippen molar-refractivity contribution in [1.29, 1.82) is 0 Å². The maximum atomic E-state index is 13.0. The van der Waals surface area contributed by atoms with Crippen LogP contribution in [0.25, 0.3) is 21.7 Å². The topological polar surface area (TPSA) is 135 Å². The number of carbonyl (C=O) groups excluding carboxylic acids is 3. The molecule has 10 nitrogen and oxygen atoms in total. The summed E-state index contributed by atoms with van der Waals surface area (Å²) < 4.78 is 4.82. The minimum Gasteiger partial charge on any atom is -0.465 e. The number of rotatable bonds is 7. The zero-order valence-electron chi connectivity index (χ0n) is 20.4. The molecule has 0 aromatic carbocycles. The third-order valence-electron chi connectivity index (χ3n) is 5.88. The summed E-state index contributed by atoms with van der Waals surface area (Å²) in [5, 5.41) is 9.08. The van der Waals surface area contributed by atoms with Crippen molar-refractivity contribution in [2.24, 2.45) is 0 Å². The van der Waals surface area contributed by atoms with E-state index in [9.17, 15) is 14.4 Å². The average molecular weight is 509 g/mol. The number of methoxy groups -OCH3 is 1. The molecule has 0 radical (unpaired) electrons. The molecule has 3 heterocycles. The highest BCUT2D eigenvalue weighted by Gasteiger charge is 2.23. The molecule has 1 saturated carbocycles. The SMILES string of the molecule is CCNC(=O)Nc1cc(-c2nc(C)c(C(=O)NC3CCCC3)s2)c(-c2cncc(C(=O)OC)c2)cn1. The van der Waals surface area contributed by atoms with Crippen molar-refractivity contribution in [2.45, 2.75) is 45.6 Å². The fourth-order valence-electron chi connectivity index (χ4n) is 4.11. The molecule has 0 aliphatic heterocycles. The highest BCUT2D eigenvalue weighted by molar-refractivity contribution is 7.17. The molecule has 0 unspecified atom stereocenters. The van der Waals surface area contributed by atoms with Gasteiger partial charge in [0.2, 0.25) is 0 Å². The maximum absolute atomic E-state index is 13.0. The molecule has 1 aliphatic rings. The molecule has 3 N–H and O–H groups in total. The van der Waals surface area contributed by atoms with Crippen molar-refractivity contribution in [1.82, 2.24) is 25.6 Å². The van der Waals surface area contributed by atoms with E-state index in [1.807, 2.05) is 6.92 Å². The number of esters is 1. The summed E-state index contributed by atoms with van der Waals surface area (Å²) in [6.07, 6.45) is 8.84. The summed E-state index contributed by atoms with van der Waals surface area (Å²) in [5.41, 5.74) is 2.82. The number of nitrogens with one attached hydrogen (secondary N) is 3. The Labute approximate surface area is 212 Å². The average Bonchev–Trinajstić information content (AvgIpc) is 3.53. The number of aryl methyl sites for hydroxylation is 1. The lowest BCUT2D eigenvalue weighted by Crippen LogP contribution is -2.32. The third-order valence-corrected chi connectivity index (χ3v) is 7.07. The van der Waals surface area contributed by atoms with Crippen LogP contribution < -0.4 is 16.0 Å². The molecule has 0 atom stereocenters. The molecule has 36 heavy (non-hydrogen) atoms. The Hall–Kier alpha value is -3.86. The predicted octanol–water partition coefficient (Wildman–Crippen LogP) is 4.18. The quantitative estimate of drug-likeness (QED) is 0.408. The molecule has 3 amide bonds. The van der Waals surface area contributed by atoms with Gasteiger partial charge < -0.3 is 15.4 Å². The van der Waals surface area contributed by atoms with Crippen LogP contribution in [0.1, 0.15) is 58.3 Å². The van der Waals surface area contributed by atoms with Gasteiger partial charge in [-0.3, -0.25) is 15.1 Å². The Morgan fingerprint density at radius 3 is 2.61 bits per heavy atom. The number of urea groups is 1. The Morgan fingerprint density at radius 2 is 1.89 bits per heavy atom. The molecule has 0 saturated heterocycles. The van der Waals surface area contributed by atoms with Crippen LogP contribution in [0.3, 0.4) is 0 Å². The second-order valence-corrected chi connectivity index (χ2v) is 9.44. The number of carbonyl (C=O) groups is 3. The van der Waals surface area contributed by atoms with Gasteiger partial charge in [0.1, 0.15) is 15.7 Å². The summed E-state index contributed by atoms with van der Waals surface area (Å²) in [6, 6.07) is 3.17. The lowest BCUT2D eigenvalue weighted by atomic mass is 10.0. The molecule has 0 bridgehead atoms. The summed E-state index contributed by atoms with van der Waals surface area (Å²) in [4.78, 5) is 50.9. The van der Waals surface area contributed by atoms with Gasteiger partial charge >= 0.3 is 12.0 Å². The largest absolute Gasteiger partial charge is 0.465 e. The summed E-state index contributed by atoms with van der Waals surface area (Å²) in [7, 11) is 1.31. The smallest absolute Gasteiger partial charge is 0.339 e. The van der Waals surface area contributed by atoms with Gasteiger partial charge in [-0.05, 0) is 38.8 Å². The van der Waals surface area contributed by atoms with E-state index >= 15 is 0 Å². The first kappa shape index (κ1) is 25.2. The monoisotopic (exact) mass is 508 g/mol.